The van der Waals surface area contributed by atoms with Gasteiger partial charge in [0.15, 0.2) is 14.6 Å². The van der Waals surface area contributed by atoms with E-state index in [9.17, 15) is 0 Å². The monoisotopic (exact) mass is 358 g/mol. The van der Waals surface area contributed by atoms with Crippen LogP contribution in [0.5, 0.6) is 0 Å². The number of ether oxygens (including phenoxy) is 2. The zero-order valence-corrected chi connectivity index (χ0v) is 18.3. The van der Waals surface area contributed by atoms with E-state index in [-0.39, 0.29) is 6.29 Å². The van der Waals surface area contributed by atoms with Gasteiger partial charge in [0.2, 0.25) is 0 Å². The van der Waals surface area contributed by atoms with Crippen molar-refractivity contribution in [3.8, 4) is 0 Å². The maximum Gasteiger partial charge on any atom is 0.191 e. The molecule has 0 bridgehead atoms. The third-order valence-corrected chi connectivity index (χ3v) is 10.1. The lowest BCUT2D eigenvalue weighted by Crippen LogP contribution is -2.41. The van der Waals surface area contributed by atoms with Crippen molar-refractivity contribution >= 4 is 8.32 Å². The van der Waals surface area contributed by atoms with E-state index >= 15 is 0 Å². The van der Waals surface area contributed by atoms with Crippen molar-refractivity contribution < 1.29 is 13.9 Å². The molecule has 0 radical (unpaired) electrons. The van der Waals surface area contributed by atoms with Gasteiger partial charge in [-0.05, 0) is 62.1 Å². The molecule has 1 unspecified atom stereocenters. The van der Waals surface area contributed by atoms with E-state index in [1.165, 1.54) is 32.1 Å². The highest BCUT2D eigenvalue weighted by Crippen LogP contribution is 2.36. The zero-order valence-electron chi connectivity index (χ0n) is 17.3. The van der Waals surface area contributed by atoms with Gasteiger partial charge in [0, 0.05) is 13.2 Å². The van der Waals surface area contributed by atoms with Gasteiger partial charge in [-0.2, -0.15) is 0 Å². The Kier molecular flexibility index (Phi) is 9.50. The van der Waals surface area contributed by atoms with Crippen LogP contribution < -0.4 is 0 Å². The highest BCUT2D eigenvalue weighted by Gasteiger charge is 2.37. The molecule has 0 aromatic heterocycles. The summed E-state index contributed by atoms with van der Waals surface area (Å²) in [4.78, 5) is 0. The summed E-state index contributed by atoms with van der Waals surface area (Å²) in [6, 6.07) is 0. The zero-order chi connectivity index (χ0) is 18.2. The van der Waals surface area contributed by atoms with E-state index < -0.39 is 8.32 Å². The molecule has 0 aromatic carbocycles. The summed E-state index contributed by atoms with van der Waals surface area (Å²) in [6.07, 6.45) is 7.29. The quantitative estimate of drug-likeness (QED) is 0.449. The molecule has 1 rings (SSSR count). The fourth-order valence-corrected chi connectivity index (χ4v) is 3.80. The molecule has 1 aliphatic heterocycles. The van der Waals surface area contributed by atoms with E-state index in [1.807, 2.05) is 0 Å². The van der Waals surface area contributed by atoms with Crippen molar-refractivity contribution in [2.24, 2.45) is 11.8 Å². The molecule has 0 spiro atoms. The Balaban J connectivity index is 2.10. The van der Waals surface area contributed by atoms with Crippen molar-refractivity contribution in [1.29, 1.82) is 0 Å². The first kappa shape index (κ1) is 22.1. The molecule has 1 aliphatic rings. The molecule has 1 heterocycles. The molecule has 3 atom stereocenters. The minimum absolute atomic E-state index is 0.0538. The van der Waals surface area contributed by atoms with Crippen LogP contribution in [0.1, 0.15) is 73.1 Å². The summed E-state index contributed by atoms with van der Waals surface area (Å²) in [7, 11) is -1.59. The predicted octanol–water partition coefficient (Wildman–Crippen LogP) is 5.99. The first-order chi connectivity index (χ1) is 11.1. The third kappa shape index (κ3) is 8.46. The Labute approximate surface area is 152 Å². The molecule has 0 aliphatic carbocycles. The lowest BCUT2D eigenvalue weighted by Gasteiger charge is -2.37. The van der Waals surface area contributed by atoms with E-state index in [0.29, 0.717) is 16.9 Å². The van der Waals surface area contributed by atoms with E-state index in [4.69, 9.17) is 13.9 Å². The summed E-state index contributed by atoms with van der Waals surface area (Å²) in [6.45, 7) is 18.8. The smallest absolute Gasteiger partial charge is 0.191 e. The van der Waals surface area contributed by atoms with Crippen LogP contribution in [0.4, 0.5) is 0 Å². The maximum absolute atomic E-state index is 6.34. The molecule has 0 N–H and O–H groups in total. The molecular formula is C20H42O3Si. The predicted molar refractivity (Wildman–Crippen MR) is 105 cm³/mol. The molecule has 4 heteroatoms. The second-order valence-corrected chi connectivity index (χ2v) is 14.2. The van der Waals surface area contributed by atoms with Crippen molar-refractivity contribution in [2.75, 3.05) is 19.8 Å². The summed E-state index contributed by atoms with van der Waals surface area (Å²) in [5.41, 5.74) is 0. The Morgan fingerprint density at radius 3 is 2.21 bits per heavy atom. The lowest BCUT2D eigenvalue weighted by molar-refractivity contribution is -0.168. The average Bonchev–Trinajstić information content (AvgIpc) is 2.51. The third-order valence-electron chi connectivity index (χ3n) is 5.63. The molecule has 24 heavy (non-hydrogen) atoms. The molecule has 0 saturated carbocycles. The number of rotatable bonds is 10. The van der Waals surface area contributed by atoms with Gasteiger partial charge in [0.1, 0.15) is 0 Å². The minimum atomic E-state index is -1.59. The fraction of sp³-hybridized carbons (Fsp3) is 1.00. The maximum atomic E-state index is 6.34. The second-order valence-electron chi connectivity index (χ2n) is 9.34. The van der Waals surface area contributed by atoms with Gasteiger partial charge < -0.3 is 13.9 Å². The standard InChI is InChI=1S/C20H42O3Si/c1-17(15-22-19-13-8-9-14-21-19)11-10-12-18(2)16-23-24(6,7)20(3,4)5/h17-19H,8-16H2,1-7H3/t17-,18-,19?/m1/s1. The van der Waals surface area contributed by atoms with Crippen LogP contribution in [0.2, 0.25) is 18.1 Å². The lowest BCUT2D eigenvalue weighted by atomic mass is 10.00. The van der Waals surface area contributed by atoms with Crippen molar-refractivity contribution in [1.82, 2.24) is 0 Å². The molecule has 144 valence electrons. The van der Waals surface area contributed by atoms with E-state index in [0.717, 1.165) is 26.2 Å². The summed E-state index contributed by atoms with van der Waals surface area (Å²) in [5.74, 6) is 1.26. The highest BCUT2D eigenvalue weighted by atomic mass is 28.4. The first-order valence-corrected chi connectivity index (χ1v) is 12.9. The Morgan fingerprint density at radius 1 is 1.04 bits per heavy atom. The van der Waals surface area contributed by atoms with Crippen molar-refractivity contribution in [2.45, 2.75) is 97.6 Å². The molecule has 1 fully saturated rings. The molecule has 0 aromatic rings. The Bertz CT molecular complexity index is 332. The molecule has 3 nitrogen and oxygen atoms in total. The van der Waals surface area contributed by atoms with Crippen molar-refractivity contribution in [3.63, 3.8) is 0 Å². The van der Waals surface area contributed by atoms with Gasteiger partial charge in [-0.1, -0.05) is 41.0 Å². The number of hydrogen-bond donors (Lipinski definition) is 0. The fourth-order valence-electron chi connectivity index (χ4n) is 2.66. The van der Waals surface area contributed by atoms with Crippen LogP contribution in [0, 0.1) is 11.8 Å². The second kappa shape index (κ2) is 10.3. The average molecular weight is 359 g/mol. The van der Waals surface area contributed by atoms with Crippen LogP contribution in [-0.2, 0) is 13.9 Å². The van der Waals surface area contributed by atoms with Gasteiger partial charge in [0.05, 0.1) is 6.61 Å². The SMILES string of the molecule is C[C@H](CCC[C@@H](C)CO[Si](C)(C)C(C)(C)C)COC1CCCCO1. The first-order valence-electron chi connectivity index (χ1n) is 9.99. The largest absolute Gasteiger partial charge is 0.417 e. The van der Waals surface area contributed by atoms with Gasteiger partial charge in [-0.15, -0.1) is 0 Å². The number of hydrogen-bond acceptors (Lipinski definition) is 3. The van der Waals surface area contributed by atoms with Gasteiger partial charge in [-0.3, -0.25) is 0 Å². The van der Waals surface area contributed by atoms with Gasteiger partial charge >= 0.3 is 0 Å². The van der Waals surface area contributed by atoms with E-state index in [2.05, 4.69) is 47.7 Å². The Morgan fingerprint density at radius 2 is 1.67 bits per heavy atom. The normalized spacial score (nSPS) is 22.4. The summed E-state index contributed by atoms with van der Waals surface area (Å²) >= 11 is 0. The van der Waals surface area contributed by atoms with E-state index in [1.54, 1.807) is 0 Å². The topological polar surface area (TPSA) is 27.7 Å². The van der Waals surface area contributed by atoms with Gasteiger partial charge in [0.25, 0.3) is 0 Å². The van der Waals surface area contributed by atoms with Crippen LogP contribution in [0.25, 0.3) is 0 Å². The highest BCUT2D eigenvalue weighted by molar-refractivity contribution is 6.74. The summed E-state index contributed by atoms with van der Waals surface area (Å²) < 4.78 is 17.9. The van der Waals surface area contributed by atoms with Crippen LogP contribution in [-0.4, -0.2) is 34.4 Å². The van der Waals surface area contributed by atoms with Crippen LogP contribution in [0.3, 0.4) is 0 Å². The van der Waals surface area contributed by atoms with Crippen molar-refractivity contribution in [3.05, 3.63) is 0 Å². The van der Waals surface area contributed by atoms with Crippen LogP contribution in [0.15, 0.2) is 0 Å². The van der Waals surface area contributed by atoms with Crippen LogP contribution >= 0.6 is 0 Å². The molecular weight excluding hydrogens is 316 g/mol. The minimum Gasteiger partial charge on any atom is -0.417 e. The molecule has 0 amide bonds. The Hall–Kier alpha value is 0.0969. The molecule has 1 saturated heterocycles. The van der Waals surface area contributed by atoms with Gasteiger partial charge in [-0.25, -0.2) is 0 Å². The summed E-state index contributed by atoms with van der Waals surface area (Å²) in [5, 5.41) is 0.305.